The van der Waals surface area contributed by atoms with Gasteiger partial charge in [-0.1, -0.05) is 55.4 Å². The van der Waals surface area contributed by atoms with Crippen LogP contribution in [-0.2, 0) is 47.9 Å². The van der Waals surface area contributed by atoms with Gasteiger partial charge in [0.15, 0.2) is 5.96 Å². The number of aliphatic hydroxyl groups is 2. The predicted molar refractivity (Wildman–Crippen MR) is 276 cm³/mol. The SMILES string of the molecule is CC(C)C[C@H](NC(=O)[C@H](CO)NC(=O)[C@@H](NC(=O)[C@H](CCCN=C(N)N)NC(=O)[C@H](CC(C)C)NC(=O)[C@@H]1CCCN1C(=O)[C@@H](NC(=O)[C@H](C)NC(=O)[C@@H]1CCCN1C(=O)[C@@H](N)CC(C)C)[C@@H](C)O)C(C)C)C(=O)O. The Kier molecular flexibility index (Phi) is 26.9. The lowest BCUT2D eigenvalue weighted by atomic mass is 10.00. The fourth-order valence-electron chi connectivity index (χ4n) is 8.87. The first-order chi connectivity index (χ1) is 35.0. The topological polar surface area (TPSA) is 412 Å². The monoisotopic (exact) mass is 1070 g/mol. The van der Waals surface area contributed by atoms with Crippen molar-refractivity contribution in [1.82, 2.24) is 47.0 Å². The van der Waals surface area contributed by atoms with Crippen molar-refractivity contribution < 1.29 is 63.3 Å². The van der Waals surface area contributed by atoms with Gasteiger partial charge in [0.05, 0.1) is 18.8 Å². The summed E-state index contributed by atoms with van der Waals surface area (Å²) in [7, 11) is 0. The Labute approximate surface area is 440 Å². The van der Waals surface area contributed by atoms with Crippen LogP contribution in [0.15, 0.2) is 4.99 Å². The molecule has 16 N–H and O–H groups in total. The van der Waals surface area contributed by atoms with E-state index in [-0.39, 0.29) is 74.8 Å². The van der Waals surface area contributed by atoms with Gasteiger partial charge in [-0.2, -0.15) is 0 Å². The van der Waals surface area contributed by atoms with Crippen molar-refractivity contribution in [2.75, 3.05) is 26.2 Å². The molecule has 75 heavy (non-hydrogen) atoms. The van der Waals surface area contributed by atoms with E-state index in [1.54, 1.807) is 41.5 Å². The fraction of sp³-hybridized carbons (Fsp3) is 0.776. The second-order valence-electron chi connectivity index (χ2n) is 21.3. The molecule has 0 unspecified atom stereocenters. The van der Waals surface area contributed by atoms with Crippen molar-refractivity contribution >= 4 is 65.1 Å². The van der Waals surface area contributed by atoms with Gasteiger partial charge >= 0.3 is 5.97 Å². The van der Waals surface area contributed by atoms with Gasteiger partial charge in [0.25, 0.3) is 0 Å². The summed E-state index contributed by atoms with van der Waals surface area (Å²) in [5.74, 6) is -9.08. The van der Waals surface area contributed by atoms with Crippen molar-refractivity contribution in [1.29, 1.82) is 0 Å². The van der Waals surface area contributed by atoms with Crippen molar-refractivity contribution in [2.24, 2.45) is 45.9 Å². The molecule has 2 rings (SSSR count). The Balaban J connectivity index is 2.28. The zero-order valence-corrected chi connectivity index (χ0v) is 45.4. The van der Waals surface area contributed by atoms with Gasteiger partial charge in [0, 0.05) is 19.6 Å². The maximum atomic E-state index is 14.2. The van der Waals surface area contributed by atoms with Crippen LogP contribution in [-0.4, -0.2) is 183 Å². The minimum atomic E-state index is -1.58. The average molecular weight is 1070 g/mol. The molecule has 11 atom stereocenters. The van der Waals surface area contributed by atoms with E-state index in [2.05, 4.69) is 42.2 Å². The summed E-state index contributed by atoms with van der Waals surface area (Å²) in [5, 5.41) is 48.2. The first-order valence-corrected chi connectivity index (χ1v) is 26.1. The fourth-order valence-corrected chi connectivity index (χ4v) is 8.87. The van der Waals surface area contributed by atoms with Gasteiger partial charge in [-0.05, 0) is 95.3 Å². The second-order valence-corrected chi connectivity index (χ2v) is 21.3. The van der Waals surface area contributed by atoms with E-state index in [0.717, 1.165) is 0 Å². The first-order valence-electron chi connectivity index (χ1n) is 26.1. The number of amides is 9. The molecule has 2 aliphatic heterocycles. The molecule has 2 fully saturated rings. The Bertz CT molecular complexity index is 2010. The second kappa shape index (κ2) is 31.0. The zero-order valence-electron chi connectivity index (χ0n) is 45.4. The van der Waals surface area contributed by atoms with Gasteiger partial charge in [0.2, 0.25) is 53.2 Å². The van der Waals surface area contributed by atoms with Crippen LogP contribution in [0.2, 0.25) is 0 Å². The number of guanidine groups is 1. The highest BCUT2D eigenvalue weighted by atomic mass is 16.4. The van der Waals surface area contributed by atoms with Gasteiger partial charge in [-0.3, -0.25) is 48.1 Å². The van der Waals surface area contributed by atoms with Crippen LogP contribution < -0.4 is 54.4 Å². The number of aliphatic hydroxyl groups excluding tert-OH is 2. The average Bonchev–Trinajstić information content (AvgIpc) is 4.02. The molecule has 2 saturated heterocycles. The Morgan fingerprint density at radius 1 is 0.573 bits per heavy atom. The summed E-state index contributed by atoms with van der Waals surface area (Å²) >= 11 is 0. The number of carboxylic acids is 1. The van der Waals surface area contributed by atoms with E-state index in [9.17, 15) is 63.3 Å². The molecule has 0 aromatic rings. The van der Waals surface area contributed by atoms with Crippen molar-refractivity contribution in [2.45, 2.75) is 194 Å². The van der Waals surface area contributed by atoms with E-state index in [1.807, 2.05) is 13.8 Å². The number of hydrogen-bond donors (Lipinski definition) is 13. The summed E-state index contributed by atoms with van der Waals surface area (Å²) in [4.78, 5) is 142. The number of hydrogen-bond acceptors (Lipinski definition) is 14. The van der Waals surface area contributed by atoms with Gasteiger partial charge in [-0.25, -0.2) is 4.79 Å². The highest BCUT2D eigenvalue weighted by Gasteiger charge is 2.42. The highest BCUT2D eigenvalue weighted by Crippen LogP contribution is 2.22. The molecule has 2 heterocycles. The normalized spacial score (nSPS) is 19.2. The van der Waals surface area contributed by atoms with Crippen LogP contribution in [0.3, 0.4) is 0 Å². The lowest BCUT2D eigenvalue weighted by molar-refractivity contribution is -0.145. The molecule has 26 nitrogen and oxygen atoms in total. The number of nitrogens with zero attached hydrogens (tertiary/aromatic N) is 3. The van der Waals surface area contributed by atoms with Crippen LogP contribution in [0.25, 0.3) is 0 Å². The van der Waals surface area contributed by atoms with Crippen LogP contribution in [0, 0.1) is 23.7 Å². The summed E-state index contributed by atoms with van der Waals surface area (Å²) in [6, 6.07) is -12.4. The summed E-state index contributed by atoms with van der Waals surface area (Å²) in [6.07, 6.45) is 0.623. The number of rotatable bonds is 30. The van der Waals surface area contributed by atoms with E-state index < -0.39 is 132 Å². The van der Waals surface area contributed by atoms with E-state index in [4.69, 9.17) is 17.2 Å². The number of aliphatic carboxylic acids is 1. The third kappa shape index (κ3) is 20.8. The minimum Gasteiger partial charge on any atom is -0.480 e. The number of nitrogens with one attached hydrogen (secondary N) is 7. The maximum absolute atomic E-state index is 14.2. The number of likely N-dealkylation sites (tertiary alicyclic amines) is 2. The van der Waals surface area contributed by atoms with Gasteiger partial charge < -0.3 is 79.5 Å². The lowest BCUT2D eigenvalue weighted by Crippen LogP contribution is -2.61. The molecule has 0 aromatic heterocycles. The Morgan fingerprint density at radius 3 is 1.53 bits per heavy atom. The number of nitrogens with two attached hydrogens (primary N) is 3. The van der Waals surface area contributed by atoms with Crippen LogP contribution in [0.1, 0.15) is 127 Å². The Hall–Kier alpha value is -6.15. The predicted octanol–water partition coefficient (Wildman–Crippen LogP) is -2.99. The molecule has 0 aliphatic carbocycles. The third-order valence-electron chi connectivity index (χ3n) is 12.8. The standard InChI is InChI=1S/C49H87N13O13/c1-24(2)20-30(50)46(72)61-18-12-15-35(61)43(69)54-28(9)39(65)60-38(29(10)64)47(73)62-19-13-16-36(62)44(70)56-32(21-25(3)4)41(67)55-31(14-11-17-53-49(51)52)40(66)59-37(27(7)8)45(71)58-34(23-63)42(68)57-33(48(74)75)22-26(5)6/h24-38,63-64H,11-23,50H2,1-10H3,(H,54,69)(H,55,67)(H,56,70)(H,57,68)(H,58,71)(H,59,66)(H,60,65)(H,74,75)(H4,51,52,53)/t28-,29+,30-,31-,32-,33-,34-,35-,36-,37-,38-/m0/s1. The van der Waals surface area contributed by atoms with Crippen LogP contribution >= 0.6 is 0 Å². The molecular formula is C49H87N13O13. The highest BCUT2D eigenvalue weighted by molar-refractivity contribution is 5.99. The van der Waals surface area contributed by atoms with Crippen LogP contribution in [0.5, 0.6) is 0 Å². The van der Waals surface area contributed by atoms with Crippen molar-refractivity contribution in [3.05, 3.63) is 0 Å². The van der Waals surface area contributed by atoms with Gasteiger partial charge in [0.1, 0.15) is 54.4 Å². The Morgan fingerprint density at radius 2 is 1.04 bits per heavy atom. The molecule has 9 amide bonds. The summed E-state index contributed by atoms with van der Waals surface area (Å²) < 4.78 is 0. The zero-order chi connectivity index (χ0) is 57.0. The quantitative estimate of drug-likeness (QED) is 0.0194. The molecular weight excluding hydrogens is 979 g/mol. The van der Waals surface area contributed by atoms with Crippen molar-refractivity contribution in [3.8, 4) is 0 Å². The molecule has 2 aliphatic rings. The van der Waals surface area contributed by atoms with Gasteiger partial charge in [-0.15, -0.1) is 0 Å². The first kappa shape index (κ1) is 65.0. The number of carboxylic acid groups (broad SMARTS) is 1. The smallest absolute Gasteiger partial charge is 0.326 e. The number of aliphatic imine (C=N–C) groups is 1. The molecule has 0 aromatic carbocycles. The molecule has 0 bridgehead atoms. The largest absolute Gasteiger partial charge is 0.480 e. The maximum Gasteiger partial charge on any atom is 0.326 e. The molecule has 0 saturated carbocycles. The molecule has 0 radical (unpaired) electrons. The summed E-state index contributed by atoms with van der Waals surface area (Å²) in [6.45, 7) is 16.3. The van der Waals surface area contributed by atoms with E-state index in [0.29, 0.717) is 32.2 Å². The molecule has 26 heteroatoms. The molecule has 426 valence electrons. The van der Waals surface area contributed by atoms with Crippen LogP contribution in [0.4, 0.5) is 0 Å². The lowest BCUT2D eigenvalue weighted by Gasteiger charge is -2.32. The number of carbonyl (C=O) groups excluding carboxylic acids is 9. The third-order valence-corrected chi connectivity index (χ3v) is 12.8. The minimum absolute atomic E-state index is 0.0479. The van der Waals surface area contributed by atoms with Crippen molar-refractivity contribution in [3.63, 3.8) is 0 Å². The molecule has 0 spiro atoms. The van der Waals surface area contributed by atoms with E-state index in [1.165, 1.54) is 23.6 Å². The summed E-state index contributed by atoms with van der Waals surface area (Å²) in [5.41, 5.74) is 17.1. The van der Waals surface area contributed by atoms with E-state index >= 15 is 0 Å². The number of carbonyl (C=O) groups is 10.